The van der Waals surface area contributed by atoms with Gasteiger partial charge in [0.25, 0.3) is 0 Å². The smallest absolute Gasteiger partial charge is 0.174 e. The van der Waals surface area contributed by atoms with Gasteiger partial charge in [0, 0.05) is 18.4 Å². The van der Waals surface area contributed by atoms with Gasteiger partial charge in [-0.1, -0.05) is 0 Å². The second kappa shape index (κ2) is 6.67. The average molecular weight is 319 g/mol. The fourth-order valence-electron chi connectivity index (χ4n) is 2.94. The van der Waals surface area contributed by atoms with Crippen molar-refractivity contribution in [3.8, 4) is 11.5 Å². The maximum Gasteiger partial charge on any atom is 0.174 e. The van der Waals surface area contributed by atoms with Gasteiger partial charge < -0.3 is 14.4 Å². The van der Waals surface area contributed by atoms with Crippen LogP contribution in [0, 0.1) is 0 Å². The van der Waals surface area contributed by atoms with Crippen molar-refractivity contribution in [2.75, 3.05) is 33.9 Å². The number of rotatable bonds is 6. The van der Waals surface area contributed by atoms with E-state index in [1.165, 1.54) is 24.2 Å². The number of ether oxygens (including phenoxy) is 2. The minimum atomic E-state index is 0.206. The molecule has 118 valence electrons. The molecule has 0 aliphatic carbocycles. The Morgan fingerprint density at radius 1 is 1.18 bits per heavy atom. The van der Waals surface area contributed by atoms with Crippen molar-refractivity contribution in [2.45, 2.75) is 19.3 Å². The third-order valence-electron chi connectivity index (χ3n) is 4.18. The van der Waals surface area contributed by atoms with Gasteiger partial charge >= 0.3 is 0 Å². The van der Waals surface area contributed by atoms with Crippen LogP contribution >= 0.6 is 11.3 Å². The van der Waals surface area contributed by atoms with Crippen LogP contribution in [-0.4, -0.2) is 44.5 Å². The molecule has 0 amide bonds. The molecule has 0 unspecified atom stereocenters. The summed E-state index contributed by atoms with van der Waals surface area (Å²) in [5.74, 6) is 1.78. The van der Waals surface area contributed by atoms with E-state index in [2.05, 4.69) is 4.90 Å². The van der Waals surface area contributed by atoms with Gasteiger partial charge in [-0.25, -0.2) is 0 Å². The van der Waals surface area contributed by atoms with Gasteiger partial charge in [0.15, 0.2) is 5.78 Å². The van der Waals surface area contributed by atoms with Crippen LogP contribution in [0.15, 0.2) is 18.2 Å². The molecular formula is C17H21NO3S. The highest BCUT2D eigenvalue weighted by molar-refractivity contribution is 7.21. The number of likely N-dealkylation sites (tertiary alicyclic amines) is 1. The summed E-state index contributed by atoms with van der Waals surface area (Å²) in [7, 11) is 3.30. The topological polar surface area (TPSA) is 38.8 Å². The van der Waals surface area contributed by atoms with Gasteiger partial charge in [0.1, 0.15) is 11.5 Å². The summed E-state index contributed by atoms with van der Waals surface area (Å²) < 4.78 is 11.8. The zero-order valence-electron chi connectivity index (χ0n) is 13.1. The molecule has 1 aliphatic heterocycles. The lowest BCUT2D eigenvalue weighted by atomic mass is 10.2. The Bertz CT molecular complexity index is 633. The fraction of sp³-hybridized carbons (Fsp3) is 0.471. The molecule has 1 aromatic heterocycles. The van der Waals surface area contributed by atoms with Crippen LogP contribution in [0.2, 0.25) is 0 Å². The largest absolute Gasteiger partial charge is 0.496 e. The van der Waals surface area contributed by atoms with E-state index in [1.54, 1.807) is 14.2 Å². The highest BCUT2D eigenvalue weighted by Gasteiger charge is 2.18. The molecule has 1 saturated heterocycles. The summed E-state index contributed by atoms with van der Waals surface area (Å²) in [6.45, 7) is 3.12. The molecule has 0 saturated carbocycles. The fourth-order valence-corrected chi connectivity index (χ4v) is 4.07. The standard InChI is InChI=1S/C17H21NO3S/c1-20-14-5-6-15(21-2)17-12(14)11-16(22-17)13(19)7-10-18-8-3-4-9-18/h5-6,11H,3-4,7-10H2,1-2H3. The summed E-state index contributed by atoms with van der Waals surface area (Å²) >= 11 is 1.50. The second-order valence-electron chi connectivity index (χ2n) is 5.55. The summed E-state index contributed by atoms with van der Waals surface area (Å²) in [5, 5.41) is 0.955. The number of Topliss-reactive ketones (excluding diaryl/α,β-unsaturated/α-hetero) is 1. The Hall–Kier alpha value is -1.59. The molecule has 4 nitrogen and oxygen atoms in total. The molecule has 1 aromatic carbocycles. The maximum atomic E-state index is 12.5. The Morgan fingerprint density at radius 2 is 1.86 bits per heavy atom. The van der Waals surface area contributed by atoms with Crippen LogP contribution in [0.25, 0.3) is 10.1 Å². The second-order valence-corrected chi connectivity index (χ2v) is 6.60. The molecule has 0 spiro atoms. The molecule has 22 heavy (non-hydrogen) atoms. The molecular weight excluding hydrogens is 298 g/mol. The van der Waals surface area contributed by atoms with Crippen molar-refractivity contribution in [2.24, 2.45) is 0 Å². The van der Waals surface area contributed by atoms with Crippen molar-refractivity contribution in [1.82, 2.24) is 4.90 Å². The van der Waals surface area contributed by atoms with Crippen molar-refractivity contribution >= 4 is 27.2 Å². The van der Waals surface area contributed by atoms with Gasteiger partial charge in [-0.2, -0.15) is 0 Å². The van der Waals surface area contributed by atoms with Gasteiger partial charge in [-0.15, -0.1) is 11.3 Å². The summed E-state index contributed by atoms with van der Waals surface area (Å²) in [5.41, 5.74) is 0. The quantitative estimate of drug-likeness (QED) is 0.763. The van der Waals surface area contributed by atoms with Crippen molar-refractivity contribution in [1.29, 1.82) is 0 Å². The van der Waals surface area contributed by atoms with E-state index in [9.17, 15) is 4.79 Å². The Balaban J connectivity index is 1.82. The molecule has 2 heterocycles. The van der Waals surface area contributed by atoms with Crippen molar-refractivity contribution in [3.63, 3.8) is 0 Å². The predicted octanol–water partition coefficient (Wildman–Crippen LogP) is 3.59. The zero-order valence-corrected chi connectivity index (χ0v) is 13.9. The Kier molecular flexibility index (Phi) is 4.64. The molecule has 1 aliphatic rings. The molecule has 0 atom stereocenters. The van der Waals surface area contributed by atoms with Crippen LogP contribution in [0.1, 0.15) is 28.9 Å². The molecule has 2 aromatic rings. The Labute approximate surface area is 134 Å². The van der Waals surface area contributed by atoms with Gasteiger partial charge in [-0.3, -0.25) is 4.79 Å². The number of fused-ring (bicyclic) bond motifs is 1. The van der Waals surface area contributed by atoms with Gasteiger partial charge in [-0.05, 0) is 44.1 Å². The lowest BCUT2D eigenvalue weighted by molar-refractivity contribution is 0.0973. The molecule has 0 N–H and O–H groups in total. The number of methoxy groups -OCH3 is 2. The summed E-state index contributed by atoms with van der Waals surface area (Å²) in [4.78, 5) is 15.6. The first kappa shape index (κ1) is 15.3. The highest BCUT2D eigenvalue weighted by atomic mass is 32.1. The Morgan fingerprint density at radius 3 is 2.55 bits per heavy atom. The minimum Gasteiger partial charge on any atom is -0.496 e. The normalized spacial score (nSPS) is 15.4. The third kappa shape index (κ3) is 2.96. The number of thiophene rings is 1. The lowest BCUT2D eigenvalue weighted by Crippen LogP contribution is -2.22. The maximum absolute atomic E-state index is 12.5. The van der Waals surface area contributed by atoms with E-state index >= 15 is 0 Å². The van der Waals surface area contributed by atoms with Crippen LogP contribution in [0.4, 0.5) is 0 Å². The molecule has 0 bridgehead atoms. The van der Waals surface area contributed by atoms with Crippen LogP contribution in [0.3, 0.4) is 0 Å². The number of ketones is 1. The van der Waals surface area contributed by atoms with Gasteiger partial charge in [0.05, 0.1) is 23.8 Å². The SMILES string of the molecule is COc1ccc(OC)c2sc(C(=O)CCN3CCCC3)cc12. The first-order chi connectivity index (χ1) is 10.7. The average Bonchev–Trinajstić information content (AvgIpc) is 3.20. The summed E-state index contributed by atoms with van der Waals surface area (Å²) in [6.07, 6.45) is 3.09. The van der Waals surface area contributed by atoms with Crippen molar-refractivity contribution in [3.05, 3.63) is 23.1 Å². The van der Waals surface area contributed by atoms with Gasteiger partial charge in [0.2, 0.25) is 0 Å². The first-order valence-corrected chi connectivity index (χ1v) is 8.44. The van der Waals surface area contributed by atoms with E-state index in [0.29, 0.717) is 6.42 Å². The van der Waals surface area contributed by atoms with Crippen LogP contribution < -0.4 is 9.47 Å². The van der Waals surface area contributed by atoms with E-state index in [1.807, 2.05) is 18.2 Å². The molecule has 0 radical (unpaired) electrons. The predicted molar refractivity (Wildman–Crippen MR) is 89.6 cm³/mol. The molecule has 1 fully saturated rings. The first-order valence-electron chi connectivity index (χ1n) is 7.63. The molecule has 5 heteroatoms. The van der Waals surface area contributed by atoms with E-state index in [4.69, 9.17) is 9.47 Å². The number of carbonyl (C=O) groups excluding carboxylic acids is 1. The number of carbonyl (C=O) groups is 1. The number of hydrogen-bond donors (Lipinski definition) is 0. The lowest BCUT2D eigenvalue weighted by Gasteiger charge is -2.12. The van der Waals surface area contributed by atoms with E-state index in [-0.39, 0.29) is 5.78 Å². The van der Waals surface area contributed by atoms with E-state index < -0.39 is 0 Å². The summed E-state index contributed by atoms with van der Waals surface area (Å²) in [6, 6.07) is 5.70. The monoisotopic (exact) mass is 319 g/mol. The van der Waals surface area contributed by atoms with E-state index in [0.717, 1.165) is 46.1 Å². The number of hydrogen-bond acceptors (Lipinski definition) is 5. The zero-order chi connectivity index (χ0) is 15.5. The molecule has 3 rings (SSSR count). The number of nitrogens with zero attached hydrogens (tertiary/aromatic N) is 1. The van der Waals surface area contributed by atoms with Crippen LogP contribution in [0.5, 0.6) is 11.5 Å². The van der Waals surface area contributed by atoms with Crippen LogP contribution in [-0.2, 0) is 0 Å². The number of benzene rings is 1. The third-order valence-corrected chi connectivity index (χ3v) is 5.37. The minimum absolute atomic E-state index is 0.206. The highest BCUT2D eigenvalue weighted by Crippen LogP contribution is 2.39. The van der Waals surface area contributed by atoms with Crippen molar-refractivity contribution < 1.29 is 14.3 Å².